The first kappa shape index (κ1) is 15.6. The van der Waals surface area contributed by atoms with Gasteiger partial charge in [-0.15, -0.1) is 0 Å². The Hall–Kier alpha value is -2.77. The topological polar surface area (TPSA) is 97.1 Å². The highest BCUT2D eigenvalue weighted by molar-refractivity contribution is 5.73. The van der Waals surface area contributed by atoms with Crippen molar-refractivity contribution in [1.29, 1.82) is 0 Å². The Kier molecular flexibility index (Phi) is 4.82. The van der Waals surface area contributed by atoms with E-state index in [1.54, 1.807) is 6.07 Å². The number of hydrogen-bond acceptors (Lipinski definition) is 7. The Labute approximate surface area is 128 Å². The molecule has 0 aliphatic rings. The van der Waals surface area contributed by atoms with Gasteiger partial charge in [0.2, 0.25) is 11.6 Å². The molecule has 0 bridgehead atoms. The van der Waals surface area contributed by atoms with Crippen LogP contribution in [0.3, 0.4) is 0 Å². The zero-order valence-electron chi connectivity index (χ0n) is 12.8. The van der Waals surface area contributed by atoms with Crippen LogP contribution in [0, 0.1) is 17.0 Å². The van der Waals surface area contributed by atoms with Crippen molar-refractivity contribution < 1.29 is 4.92 Å². The van der Waals surface area contributed by atoms with E-state index in [1.807, 2.05) is 37.8 Å². The number of rotatable bonds is 6. The fourth-order valence-corrected chi connectivity index (χ4v) is 2.12. The van der Waals surface area contributed by atoms with Crippen molar-refractivity contribution in [2.75, 3.05) is 23.3 Å². The van der Waals surface area contributed by atoms with Crippen LogP contribution in [0.5, 0.6) is 0 Å². The Morgan fingerprint density at radius 2 is 2.00 bits per heavy atom. The van der Waals surface area contributed by atoms with Crippen molar-refractivity contribution in [2.45, 2.75) is 20.8 Å². The number of anilines is 3. The quantitative estimate of drug-likeness (QED) is 0.647. The minimum atomic E-state index is -0.466. The lowest BCUT2D eigenvalue weighted by Crippen LogP contribution is -2.24. The molecule has 0 saturated heterocycles. The van der Waals surface area contributed by atoms with Crippen molar-refractivity contribution in [2.24, 2.45) is 0 Å². The molecule has 0 spiro atoms. The van der Waals surface area contributed by atoms with Crippen molar-refractivity contribution in [3.63, 3.8) is 0 Å². The Bertz CT molecular complexity index is 672. The molecule has 0 fully saturated rings. The Morgan fingerprint density at radius 1 is 1.27 bits per heavy atom. The molecule has 2 aromatic rings. The Morgan fingerprint density at radius 3 is 2.59 bits per heavy atom. The van der Waals surface area contributed by atoms with Gasteiger partial charge in [-0.05, 0) is 32.9 Å². The maximum Gasteiger partial charge on any atom is 0.353 e. The van der Waals surface area contributed by atoms with E-state index in [4.69, 9.17) is 0 Å². The van der Waals surface area contributed by atoms with Crippen LogP contribution in [-0.2, 0) is 0 Å². The van der Waals surface area contributed by atoms with Crippen LogP contribution >= 0.6 is 0 Å². The van der Waals surface area contributed by atoms with E-state index in [-0.39, 0.29) is 11.5 Å². The maximum absolute atomic E-state index is 11.5. The van der Waals surface area contributed by atoms with Gasteiger partial charge in [0.1, 0.15) is 12.1 Å². The normalized spacial score (nSPS) is 10.3. The molecule has 22 heavy (non-hydrogen) atoms. The highest BCUT2D eigenvalue weighted by Gasteiger charge is 2.26. The van der Waals surface area contributed by atoms with Crippen molar-refractivity contribution >= 4 is 23.1 Å². The van der Waals surface area contributed by atoms with Gasteiger partial charge in [0, 0.05) is 18.8 Å². The summed E-state index contributed by atoms with van der Waals surface area (Å²) >= 11 is 0. The summed E-state index contributed by atoms with van der Waals surface area (Å²) in [7, 11) is 0. The highest BCUT2D eigenvalue weighted by Crippen LogP contribution is 2.32. The number of nitrogens with zero attached hydrogens (tertiary/aromatic N) is 5. The predicted octanol–water partition coefficient (Wildman–Crippen LogP) is 2.68. The summed E-state index contributed by atoms with van der Waals surface area (Å²) in [4.78, 5) is 25.2. The van der Waals surface area contributed by atoms with Crippen LogP contribution in [0.25, 0.3) is 0 Å². The summed E-state index contributed by atoms with van der Waals surface area (Å²) < 4.78 is 0. The van der Waals surface area contributed by atoms with E-state index in [0.29, 0.717) is 24.7 Å². The predicted molar refractivity (Wildman–Crippen MR) is 84.5 cm³/mol. The highest BCUT2D eigenvalue weighted by atomic mass is 16.6. The molecule has 0 saturated carbocycles. The molecule has 0 radical (unpaired) electrons. The average Bonchev–Trinajstić information content (AvgIpc) is 2.48. The van der Waals surface area contributed by atoms with Gasteiger partial charge in [0.05, 0.1) is 4.92 Å². The second-order valence-corrected chi connectivity index (χ2v) is 4.61. The molecule has 2 aromatic heterocycles. The molecule has 1 N–H and O–H groups in total. The molecule has 8 nitrogen and oxygen atoms in total. The van der Waals surface area contributed by atoms with E-state index < -0.39 is 4.92 Å². The molecule has 2 rings (SSSR count). The SMILES string of the molecule is CCN(CC)c1ncnc(Nc2cccc(C)n2)c1[N+](=O)[O-]. The third-order valence-electron chi connectivity index (χ3n) is 3.18. The van der Waals surface area contributed by atoms with Gasteiger partial charge in [-0.1, -0.05) is 6.07 Å². The van der Waals surface area contributed by atoms with Crippen LogP contribution in [0.15, 0.2) is 24.5 Å². The van der Waals surface area contributed by atoms with Gasteiger partial charge in [-0.25, -0.2) is 15.0 Å². The molecule has 0 aliphatic carbocycles. The molecule has 0 aliphatic heterocycles. The summed E-state index contributed by atoms with van der Waals surface area (Å²) in [5.74, 6) is 0.951. The molecule has 0 aromatic carbocycles. The molecule has 8 heteroatoms. The molecular formula is C14H18N6O2. The molecule has 116 valence electrons. The van der Waals surface area contributed by atoms with Crippen LogP contribution in [0.1, 0.15) is 19.5 Å². The zero-order valence-corrected chi connectivity index (χ0v) is 12.8. The van der Waals surface area contributed by atoms with E-state index in [2.05, 4.69) is 20.3 Å². The van der Waals surface area contributed by atoms with Gasteiger partial charge < -0.3 is 10.2 Å². The van der Waals surface area contributed by atoms with Gasteiger partial charge >= 0.3 is 5.69 Å². The third-order valence-corrected chi connectivity index (χ3v) is 3.18. The summed E-state index contributed by atoms with van der Waals surface area (Å²) in [6.07, 6.45) is 1.32. The molecule has 0 amide bonds. The van der Waals surface area contributed by atoms with Gasteiger partial charge in [0.25, 0.3) is 0 Å². The van der Waals surface area contributed by atoms with E-state index in [1.165, 1.54) is 6.33 Å². The number of aryl methyl sites for hydroxylation is 1. The summed E-state index contributed by atoms with van der Waals surface area (Å²) in [5, 5.41) is 14.4. The van der Waals surface area contributed by atoms with E-state index in [9.17, 15) is 10.1 Å². The monoisotopic (exact) mass is 302 g/mol. The smallest absolute Gasteiger partial charge is 0.351 e. The first-order valence-corrected chi connectivity index (χ1v) is 7.01. The first-order valence-electron chi connectivity index (χ1n) is 7.01. The van der Waals surface area contributed by atoms with Gasteiger partial charge in [-0.3, -0.25) is 10.1 Å². The zero-order chi connectivity index (χ0) is 16.1. The van der Waals surface area contributed by atoms with Crippen LogP contribution < -0.4 is 10.2 Å². The lowest BCUT2D eigenvalue weighted by molar-refractivity contribution is -0.383. The van der Waals surface area contributed by atoms with Gasteiger partial charge in [-0.2, -0.15) is 0 Å². The van der Waals surface area contributed by atoms with Crippen LogP contribution in [0.2, 0.25) is 0 Å². The lowest BCUT2D eigenvalue weighted by atomic mass is 10.3. The number of nitrogens with one attached hydrogen (secondary N) is 1. The fraction of sp³-hybridized carbons (Fsp3) is 0.357. The Balaban J connectivity index is 2.47. The second kappa shape index (κ2) is 6.79. The van der Waals surface area contributed by atoms with Crippen molar-refractivity contribution in [1.82, 2.24) is 15.0 Å². The maximum atomic E-state index is 11.5. The number of pyridine rings is 1. The third kappa shape index (κ3) is 3.27. The molecular weight excluding hydrogens is 284 g/mol. The molecule has 0 unspecified atom stereocenters. The largest absolute Gasteiger partial charge is 0.353 e. The fourth-order valence-electron chi connectivity index (χ4n) is 2.12. The van der Waals surface area contributed by atoms with E-state index in [0.717, 1.165) is 5.69 Å². The van der Waals surface area contributed by atoms with Crippen LogP contribution in [0.4, 0.5) is 23.1 Å². The standard InChI is InChI=1S/C14H18N6O2/c1-4-19(5-2)14-12(20(21)22)13(15-9-16-14)18-11-8-6-7-10(3)17-11/h6-9H,4-5H2,1-3H3,(H,15,16,17,18). The van der Waals surface area contributed by atoms with E-state index >= 15 is 0 Å². The molecule has 2 heterocycles. The summed E-state index contributed by atoms with van der Waals surface area (Å²) in [5.41, 5.74) is 0.667. The van der Waals surface area contributed by atoms with Gasteiger partial charge in [0.15, 0.2) is 0 Å². The van der Waals surface area contributed by atoms with Crippen LogP contribution in [-0.4, -0.2) is 33.0 Å². The minimum Gasteiger partial charge on any atom is -0.351 e. The van der Waals surface area contributed by atoms with Crippen molar-refractivity contribution in [3.8, 4) is 0 Å². The summed E-state index contributed by atoms with van der Waals surface area (Å²) in [6.45, 7) is 6.93. The number of nitro groups is 1. The number of hydrogen-bond donors (Lipinski definition) is 1. The van der Waals surface area contributed by atoms with Crippen molar-refractivity contribution in [3.05, 3.63) is 40.3 Å². The average molecular weight is 302 g/mol. The number of aromatic nitrogens is 3. The first-order chi connectivity index (χ1) is 10.6. The molecule has 0 atom stereocenters. The second-order valence-electron chi connectivity index (χ2n) is 4.61. The lowest BCUT2D eigenvalue weighted by Gasteiger charge is -2.19. The minimum absolute atomic E-state index is 0.139. The summed E-state index contributed by atoms with van der Waals surface area (Å²) in [6, 6.07) is 5.40.